The van der Waals surface area contributed by atoms with Gasteiger partial charge >= 0.3 is 0 Å². The predicted molar refractivity (Wildman–Crippen MR) is 83.0 cm³/mol. The van der Waals surface area contributed by atoms with Crippen LogP contribution in [0.3, 0.4) is 0 Å². The van der Waals surface area contributed by atoms with Crippen molar-refractivity contribution >= 4 is 11.6 Å². The standard InChI is InChI=1S/C17H20ClN/c1-11-8-9-14(10-13(11)3)17(19-4)15-7-5-6-12(2)16(15)18/h5-10,17,19H,1-4H3. The Bertz CT molecular complexity index is 590. The van der Waals surface area contributed by atoms with Gasteiger partial charge in [-0.25, -0.2) is 0 Å². The van der Waals surface area contributed by atoms with Crippen molar-refractivity contribution in [2.45, 2.75) is 26.8 Å². The minimum Gasteiger partial charge on any atom is -0.309 e. The molecule has 19 heavy (non-hydrogen) atoms. The zero-order valence-electron chi connectivity index (χ0n) is 11.9. The molecule has 0 aromatic heterocycles. The van der Waals surface area contributed by atoms with Crippen LogP contribution in [-0.2, 0) is 0 Å². The molecule has 100 valence electrons. The Morgan fingerprint density at radius 3 is 2.32 bits per heavy atom. The minimum absolute atomic E-state index is 0.131. The number of nitrogens with one attached hydrogen (secondary N) is 1. The lowest BCUT2D eigenvalue weighted by atomic mass is 9.95. The highest BCUT2D eigenvalue weighted by Crippen LogP contribution is 2.30. The average Bonchev–Trinajstić information content (AvgIpc) is 2.39. The monoisotopic (exact) mass is 273 g/mol. The first-order chi connectivity index (χ1) is 9.04. The summed E-state index contributed by atoms with van der Waals surface area (Å²) in [6, 6.07) is 12.9. The highest BCUT2D eigenvalue weighted by atomic mass is 35.5. The zero-order chi connectivity index (χ0) is 14.0. The van der Waals surface area contributed by atoms with E-state index in [2.05, 4.69) is 49.5 Å². The van der Waals surface area contributed by atoms with Crippen molar-refractivity contribution in [3.63, 3.8) is 0 Å². The molecule has 0 aliphatic rings. The molecule has 0 bridgehead atoms. The first-order valence-corrected chi connectivity index (χ1v) is 6.92. The topological polar surface area (TPSA) is 12.0 Å². The van der Waals surface area contributed by atoms with Gasteiger partial charge in [0.25, 0.3) is 0 Å². The highest BCUT2D eigenvalue weighted by molar-refractivity contribution is 6.32. The Balaban J connectivity index is 2.50. The average molecular weight is 274 g/mol. The van der Waals surface area contributed by atoms with Crippen LogP contribution in [0.5, 0.6) is 0 Å². The number of aryl methyl sites for hydroxylation is 3. The van der Waals surface area contributed by atoms with Crippen LogP contribution in [0.2, 0.25) is 5.02 Å². The maximum absolute atomic E-state index is 6.45. The summed E-state index contributed by atoms with van der Waals surface area (Å²) in [5.41, 5.74) is 6.12. The normalized spacial score (nSPS) is 12.5. The van der Waals surface area contributed by atoms with Crippen LogP contribution >= 0.6 is 11.6 Å². The fraction of sp³-hybridized carbons (Fsp3) is 0.294. The Kier molecular flexibility index (Phi) is 4.28. The first kappa shape index (κ1) is 14.1. The predicted octanol–water partition coefficient (Wildman–Crippen LogP) is 4.57. The van der Waals surface area contributed by atoms with Crippen molar-refractivity contribution in [2.75, 3.05) is 7.05 Å². The molecule has 0 fully saturated rings. The second kappa shape index (κ2) is 5.77. The summed E-state index contributed by atoms with van der Waals surface area (Å²) in [5.74, 6) is 0. The van der Waals surface area contributed by atoms with Gasteiger partial charge in [0.1, 0.15) is 0 Å². The molecule has 0 saturated heterocycles. The zero-order valence-corrected chi connectivity index (χ0v) is 12.7. The van der Waals surface area contributed by atoms with Crippen LogP contribution < -0.4 is 5.32 Å². The molecule has 2 heteroatoms. The number of halogens is 1. The van der Waals surface area contributed by atoms with Crippen LogP contribution in [0.15, 0.2) is 36.4 Å². The summed E-state index contributed by atoms with van der Waals surface area (Å²) < 4.78 is 0. The number of hydrogen-bond acceptors (Lipinski definition) is 1. The van der Waals surface area contributed by atoms with E-state index in [1.54, 1.807) is 0 Å². The van der Waals surface area contributed by atoms with E-state index < -0.39 is 0 Å². The first-order valence-electron chi connectivity index (χ1n) is 6.54. The summed E-state index contributed by atoms with van der Waals surface area (Å²) in [4.78, 5) is 0. The molecule has 0 aliphatic heterocycles. The summed E-state index contributed by atoms with van der Waals surface area (Å²) in [6.45, 7) is 6.31. The molecule has 0 saturated carbocycles. The molecule has 0 radical (unpaired) electrons. The lowest BCUT2D eigenvalue weighted by molar-refractivity contribution is 0.690. The molecule has 1 nitrogen and oxygen atoms in total. The minimum atomic E-state index is 0.131. The second-order valence-electron chi connectivity index (χ2n) is 5.04. The molecule has 1 atom stereocenters. The van der Waals surface area contributed by atoms with E-state index >= 15 is 0 Å². The largest absolute Gasteiger partial charge is 0.309 e. The van der Waals surface area contributed by atoms with Crippen molar-refractivity contribution in [2.24, 2.45) is 0 Å². The molecule has 2 rings (SSSR count). The lowest BCUT2D eigenvalue weighted by Crippen LogP contribution is -2.18. The van der Waals surface area contributed by atoms with E-state index in [9.17, 15) is 0 Å². The van der Waals surface area contributed by atoms with E-state index in [-0.39, 0.29) is 6.04 Å². The fourth-order valence-corrected chi connectivity index (χ4v) is 2.57. The molecule has 2 aromatic carbocycles. The second-order valence-corrected chi connectivity index (χ2v) is 5.42. The summed E-state index contributed by atoms with van der Waals surface area (Å²) in [5, 5.41) is 4.21. The molecule has 1 N–H and O–H groups in total. The van der Waals surface area contributed by atoms with Crippen molar-refractivity contribution < 1.29 is 0 Å². The third-order valence-corrected chi connectivity index (χ3v) is 4.20. The maximum atomic E-state index is 6.45. The van der Waals surface area contributed by atoms with Gasteiger partial charge in [-0.15, -0.1) is 0 Å². The molecule has 0 spiro atoms. The Morgan fingerprint density at radius 1 is 0.947 bits per heavy atom. The van der Waals surface area contributed by atoms with E-state index in [1.165, 1.54) is 16.7 Å². The van der Waals surface area contributed by atoms with Crippen LogP contribution in [0.4, 0.5) is 0 Å². The van der Waals surface area contributed by atoms with Gasteiger partial charge in [0.2, 0.25) is 0 Å². The molecule has 0 amide bonds. The Morgan fingerprint density at radius 2 is 1.68 bits per heavy atom. The van der Waals surface area contributed by atoms with Gasteiger partial charge in [0.05, 0.1) is 6.04 Å². The van der Waals surface area contributed by atoms with Crippen LogP contribution in [-0.4, -0.2) is 7.05 Å². The van der Waals surface area contributed by atoms with Crippen molar-refractivity contribution in [3.8, 4) is 0 Å². The van der Waals surface area contributed by atoms with Crippen molar-refractivity contribution in [1.29, 1.82) is 0 Å². The van der Waals surface area contributed by atoms with Crippen LogP contribution in [0, 0.1) is 20.8 Å². The van der Waals surface area contributed by atoms with Crippen LogP contribution in [0.1, 0.15) is 33.9 Å². The lowest BCUT2D eigenvalue weighted by Gasteiger charge is -2.20. The van der Waals surface area contributed by atoms with Gasteiger partial charge in [-0.05, 0) is 55.6 Å². The Labute approximate surface area is 120 Å². The Hall–Kier alpha value is -1.31. The van der Waals surface area contributed by atoms with Gasteiger partial charge in [-0.2, -0.15) is 0 Å². The molecule has 2 aromatic rings. The number of benzene rings is 2. The molecule has 0 heterocycles. The van der Waals surface area contributed by atoms with Crippen molar-refractivity contribution in [1.82, 2.24) is 5.32 Å². The molecular formula is C17H20ClN. The van der Waals surface area contributed by atoms with Crippen molar-refractivity contribution in [3.05, 3.63) is 69.2 Å². The van der Waals surface area contributed by atoms with Gasteiger partial charge < -0.3 is 5.32 Å². The van der Waals surface area contributed by atoms with E-state index in [0.29, 0.717) is 0 Å². The summed E-state index contributed by atoms with van der Waals surface area (Å²) in [6.07, 6.45) is 0. The molecular weight excluding hydrogens is 254 g/mol. The third kappa shape index (κ3) is 2.83. The van der Waals surface area contributed by atoms with Gasteiger partial charge in [-0.3, -0.25) is 0 Å². The third-order valence-electron chi connectivity index (χ3n) is 3.69. The summed E-state index contributed by atoms with van der Waals surface area (Å²) >= 11 is 6.45. The van der Waals surface area contributed by atoms with Crippen LogP contribution in [0.25, 0.3) is 0 Å². The maximum Gasteiger partial charge on any atom is 0.0589 e. The van der Waals surface area contributed by atoms with E-state index in [0.717, 1.165) is 16.1 Å². The number of hydrogen-bond donors (Lipinski definition) is 1. The summed E-state index contributed by atoms with van der Waals surface area (Å²) in [7, 11) is 1.97. The van der Waals surface area contributed by atoms with Gasteiger partial charge in [0.15, 0.2) is 0 Å². The van der Waals surface area contributed by atoms with E-state index in [4.69, 9.17) is 11.6 Å². The fourth-order valence-electron chi connectivity index (χ4n) is 2.34. The number of rotatable bonds is 3. The van der Waals surface area contributed by atoms with E-state index in [1.807, 2.05) is 20.0 Å². The smallest absolute Gasteiger partial charge is 0.0589 e. The highest BCUT2D eigenvalue weighted by Gasteiger charge is 2.16. The molecule has 1 unspecified atom stereocenters. The van der Waals surface area contributed by atoms with Gasteiger partial charge in [0, 0.05) is 5.02 Å². The van der Waals surface area contributed by atoms with Gasteiger partial charge in [-0.1, -0.05) is 48.0 Å². The SMILES string of the molecule is CNC(c1ccc(C)c(C)c1)c1cccc(C)c1Cl. The quantitative estimate of drug-likeness (QED) is 0.863. The molecule has 0 aliphatic carbocycles.